The van der Waals surface area contributed by atoms with Gasteiger partial charge in [-0.3, -0.25) is 4.79 Å². The highest BCUT2D eigenvalue weighted by molar-refractivity contribution is 7.11. The molecule has 0 aliphatic rings. The summed E-state index contributed by atoms with van der Waals surface area (Å²) >= 11 is 3.12. The fraction of sp³-hybridized carbons (Fsp3) is 0.267. The molecule has 1 unspecified atom stereocenters. The molecule has 3 N–H and O–H groups in total. The molecule has 2 aromatic heterocycles. The van der Waals surface area contributed by atoms with Gasteiger partial charge in [0, 0.05) is 10.3 Å². The smallest absolute Gasteiger partial charge is 0.252 e. The number of amides is 1. The monoisotopic (exact) mass is 304 g/mol. The van der Waals surface area contributed by atoms with Gasteiger partial charge in [-0.15, -0.1) is 22.7 Å². The highest BCUT2D eigenvalue weighted by atomic mass is 32.1. The third-order valence-electron chi connectivity index (χ3n) is 2.78. The molecule has 20 heavy (non-hydrogen) atoms. The Balaban J connectivity index is 2.05. The molecule has 0 radical (unpaired) electrons. The predicted molar refractivity (Wildman–Crippen MR) is 85.1 cm³/mol. The van der Waals surface area contributed by atoms with Crippen LogP contribution in [0.3, 0.4) is 0 Å². The summed E-state index contributed by atoms with van der Waals surface area (Å²) in [6, 6.07) is 5.93. The lowest BCUT2D eigenvalue weighted by molar-refractivity contribution is 0.0936. The Morgan fingerprint density at radius 2 is 2.35 bits per heavy atom. The molecule has 2 aromatic rings. The summed E-state index contributed by atoms with van der Waals surface area (Å²) in [5.74, 6) is 5.68. The van der Waals surface area contributed by atoms with Crippen molar-refractivity contribution >= 4 is 28.6 Å². The Labute approximate surface area is 126 Å². The van der Waals surface area contributed by atoms with Crippen LogP contribution in [0.1, 0.15) is 39.5 Å². The average molecular weight is 304 g/mol. The van der Waals surface area contributed by atoms with E-state index in [1.807, 2.05) is 29.0 Å². The van der Waals surface area contributed by atoms with E-state index in [0.29, 0.717) is 12.1 Å². The molecule has 1 atom stereocenters. The van der Waals surface area contributed by atoms with Crippen LogP contribution in [-0.2, 0) is 0 Å². The van der Waals surface area contributed by atoms with Crippen LogP contribution in [0.15, 0.2) is 29.0 Å². The van der Waals surface area contributed by atoms with Crippen molar-refractivity contribution in [3.05, 3.63) is 44.3 Å². The van der Waals surface area contributed by atoms with Gasteiger partial charge in [-0.25, -0.2) is 0 Å². The number of hydrogen-bond donors (Lipinski definition) is 2. The van der Waals surface area contributed by atoms with Gasteiger partial charge in [0.25, 0.3) is 5.91 Å². The maximum Gasteiger partial charge on any atom is 0.252 e. The fourth-order valence-electron chi connectivity index (χ4n) is 1.76. The van der Waals surface area contributed by atoms with E-state index in [4.69, 9.17) is 5.73 Å². The summed E-state index contributed by atoms with van der Waals surface area (Å²) < 4.78 is 0. The molecule has 2 rings (SSSR count). The van der Waals surface area contributed by atoms with Crippen LogP contribution in [0.5, 0.6) is 0 Å². The van der Waals surface area contributed by atoms with Gasteiger partial charge in [0.05, 0.1) is 23.0 Å². The molecule has 0 aromatic carbocycles. The Bertz CT molecular complexity index is 620. The Hall–Kier alpha value is -1.61. The van der Waals surface area contributed by atoms with E-state index >= 15 is 0 Å². The zero-order valence-electron chi connectivity index (χ0n) is 11.2. The van der Waals surface area contributed by atoms with E-state index in [-0.39, 0.29) is 11.9 Å². The Kier molecular flexibility index (Phi) is 5.36. The lowest BCUT2D eigenvalue weighted by Crippen LogP contribution is -2.27. The number of carbonyl (C=O) groups excluding carboxylic acids is 1. The van der Waals surface area contributed by atoms with Crippen LogP contribution in [0.4, 0.5) is 0 Å². The van der Waals surface area contributed by atoms with Crippen LogP contribution in [0.25, 0.3) is 0 Å². The lowest BCUT2D eigenvalue weighted by atomic mass is 10.1. The number of carbonyl (C=O) groups is 1. The second kappa shape index (κ2) is 7.25. The zero-order chi connectivity index (χ0) is 14.4. The van der Waals surface area contributed by atoms with Crippen molar-refractivity contribution in [1.29, 1.82) is 0 Å². The minimum absolute atomic E-state index is 0.0534. The third kappa shape index (κ3) is 3.70. The number of thiophene rings is 2. The summed E-state index contributed by atoms with van der Waals surface area (Å²) in [7, 11) is 0. The number of nitrogens with two attached hydrogens (primary N) is 1. The van der Waals surface area contributed by atoms with Gasteiger partial charge in [-0.05, 0) is 23.9 Å². The molecule has 0 saturated heterocycles. The van der Waals surface area contributed by atoms with Gasteiger partial charge in [-0.1, -0.05) is 24.8 Å². The molecule has 3 nitrogen and oxygen atoms in total. The molecule has 0 aliphatic heterocycles. The molecule has 0 bridgehead atoms. The van der Waals surface area contributed by atoms with Gasteiger partial charge in [-0.2, -0.15) is 0 Å². The minimum atomic E-state index is -0.0534. The van der Waals surface area contributed by atoms with Crippen molar-refractivity contribution in [2.75, 3.05) is 6.54 Å². The first kappa shape index (κ1) is 14.8. The SMILES string of the molecule is CCC(NC(=O)c1csc(C#CCN)c1)c1cccs1. The van der Waals surface area contributed by atoms with Crippen molar-refractivity contribution in [1.82, 2.24) is 5.32 Å². The quantitative estimate of drug-likeness (QED) is 0.853. The summed E-state index contributed by atoms with van der Waals surface area (Å²) in [5.41, 5.74) is 5.99. The number of rotatable bonds is 4. The van der Waals surface area contributed by atoms with Crippen molar-refractivity contribution in [3.8, 4) is 11.8 Å². The molecule has 1 amide bonds. The topological polar surface area (TPSA) is 55.1 Å². The first-order valence-corrected chi connectivity index (χ1v) is 8.12. The molecule has 5 heteroatoms. The van der Waals surface area contributed by atoms with Crippen molar-refractivity contribution in [2.45, 2.75) is 19.4 Å². The number of hydrogen-bond acceptors (Lipinski definition) is 4. The van der Waals surface area contributed by atoms with E-state index in [1.54, 1.807) is 11.3 Å². The average Bonchev–Trinajstić information content (AvgIpc) is 3.13. The van der Waals surface area contributed by atoms with Gasteiger partial charge >= 0.3 is 0 Å². The van der Waals surface area contributed by atoms with Crippen LogP contribution < -0.4 is 11.1 Å². The van der Waals surface area contributed by atoms with Crippen molar-refractivity contribution in [2.24, 2.45) is 5.73 Å². The minimum Gasteiger partial charge on any atom is -0.344 e. The number of nitrogens with one attached hydrogen (secondary N) is 1. The van der Waals surface area contributed by atoms with Crippen LogP contribution in [0.2, 0.25) is 0 Å². The Morgan fingerprint density at radius 3 is 3.00 bits per heavy atom. The molecular weight excluding hydrogens is 288 g/mol. The lowest BCUT2D eigenvalue weighted by Gasteiger charge is -2.14. The van der Waals surface area contributed by atoms with Crippen LogP contribution in [-0.4, -0.2) is 12.5 Å². The van der Waals surface area contributed by atoms with Crippen LogP contribution in [0, 0.1) is 11.8 Å². The molecule has 104 valence electrons. The molecule has 2 heterocycles. The highest BCUT2D eigenvalue weighted by Gasteiger charge is 2.15. The highest BCUT2D eigenvalue weighted by Crippen LogP contribution is 2.22. The third-order valence-corrected chi connectivity index (χ3v) is 4.61. The van der Waals surface area contributed by atoms with Gasteiger partial charge in [0.15, 0.2) is 0 Å². The van der Waals surface area contributed by atoms with Crippen molar-refractivity contribution < 1.29 is 4.79 Å². The van der Waals surface area contributed by atoms with Gasteiger partial charge in [0.1, 0.15) is 0 Å². The largest absolute Gasteiger partial charge is 0.344 e. The van der Waals surface area contributed by atoms with Crippen molar-refractivity contribution in [3.63, 3.8) is 0 Å². The second-order valence-corrected chi connectivity index (χ2v) is 6.05. The summed E-state index contributed by atoms with van der Waals surface area (Å²) in [4.78, 5) is 14.3. The van der Waals surface area contributed by atoms with E-state index < -0.39 is 0 Å². The normalized spacial score (nSPS) is 11.5. The maximum absolute atomic E-state index is 12.2. The predicted octanol–water partition coefficient (Wildman–Crippen LogP) is 3.00. The first-order valence-electron chi connectivity index (χ1n) is 6.36. The summed E-state index contributed by atoms with van der Waals surface area (Å²) in [6.07, 6.45) is 0.871. The first-order chi connectivity index (χ1) is 9.74. The van der Waals surface area contributed by atoms with E-state index in [0.717, 1.165) is 11.3 Å². The molecule has 0 saturated carbocycles. The van der Waals surface area contributed by atoms with Gasteiger partial charge < -0.3 is 11.1 Å². The molecule has 0 fully saturated rings. The van der Waals surface area contributed by atoms with E-state index in [2.05, 4.69) is 24.1 Å². The Morgan fingerprint density at radius 1 is 1.50 bits per heavy atom. The second-order valence-electron chi connectivity index (χ2n) is 4.16. The molecular formula is C15H16N2OS2. The standard InChI is InChI=1S/C15H16N2OS2/c1-2-13(14-6-4-8-19-14)17-15(18)11-9-12(20-10-11)5-3-7-16/h4,6,8-10,13H,2,7,16H2,1H3,(H,17,18). The van der Waals surface area contributed by atoms with E-state index in [9.17, 15) is 4.79 Å². The maximum atomic E-state index is 12.2. The zero-order valence-corrected chi connectivity index (χ0v) is 12.8. The molecule has 0 spiro atoms. The van der Waals surface area contributed by atoms with Crippen LogP contribution >= 0.6 is 22.7 Å². The fourth-order valence-corrected chi connectivity index (χ4v) is 3.38. The van der Waals surface area contributed by atoms with E-state index in [1.165, 1.54) is 16.2 Å². The summed E-state index contributed by atoms with van der Waals surface area (Å²) in [5, 5.41) is 6.91. The summed E-state index contributed by atoms with van der Waals surface area (Å²) in [6.45, 7) is 2.39. The molecule has 0 aliphatic carbocycles. The van der Waals surface area contributed by atoms with Gasteiger partial charge in [0.2, 0.25) is 0 Å².